The number of hydrogen-bond acceptors (Lipinski definition) is 3. The second kappa shape index (κ2) is 7.38. The van der Waals surface area contributed by atoms with Gasteiger partial charge in [0, 0.05) is 35.6 Å². The van der Waals surface area contributed by atoms with Crippen LogP contribution < -0.4 is 5.56 Å². The molecule has 5 heteroatoms. The first-order valence-electron chi connectivity index (χ1n) is 11.3. The molecule has 30 heavy (non-hydrogen) atoms. The van der Waals surface area contributed by atoms with E-state index in [2.05, 4.69) is 59.1 Å². The first-order chi connectivity index (χ1) is 14.5. The maximum absolute atomic E-state index is 13.7. The number of aromatic nitrogens is 1. The average molecular weight is 406 g/mol. The molecule has 158 valence electrons. The summed E-state index contributed by atoms with van der Waals surface area (Å²) in [6.45, 7) is 2.40. The minimum atomic E-state index is -0.217. The number of nitrogens with zero attached hydrogens (tertiary/aromatic N) is 2. The van der Waals surface area contributed by atoms with Crippen molar-refractivity contribution in [3.05, 3.63) is 70.1 Å². The van der Waals surface area contributed by atoms with Gasteiger partial charge in [-0.05, 0) is 44.4 Å². The van der Waals surface area contributed by atoms with Crippen LogP contribution in [0.2, 0.25) is 0 Å². The number of amides is 1. The maximum atomic E-state index is 13.7. The number of fused-ring (bicyclic) bond motifs is 1. The average Bonchev–Trinajstić information content (AvgIpc) is 2.89. The summed E-state index contributed by atoms with van der Waals surface area (Å²) in [6, 6.07) is 16.7. The number of hydrogen-bond donors (Lipinski definition) is 1. The van der Waals surface area contributed by atoms with Crippen LogP contribution in [0.3, 0.4) is 0 Å². The summed E-state index contributed by atoms with van der Waals surface area (Å²) in [6.07, 6.45) is 6.62. The zero-order valence-electron chi connectivity index (χ0n) is 17.9. The number of piperidine rings is 1. The summed E-state index contributed by atoms with van der Waals surface area (Å²) in [4.78, 5) is 33.2. The number of H-pyrrole nitrogens is 1. The zero-order valence-corrected chi connectivity index (χ0v) is 17.9. The minimum Gasteiger partial charge on any atom is -0.329 e. The van der Waals surface area contributed by atoms with Gasteiger partial charge >= 0.3 is 0 Å². The van der Waals surface area contributed by atoms with Gasteiger partial charge in [-0.2, -0.15) is 0 Å². The van der Waals surface area contributed by atoms with Crippen LogP contribution in [-0.2, 0) is 6.42 Å². The third-order valence-electron chi connectivity index (χ3n) is 8.05. The molecule has 1 aliphatic carbocycles. The summed E-state index contributed by atoms with van der Waals surface area (Å²) < 4.78 is 0. The fourth-order valence-corrected chi connectivity index (χ4v) is 6.70. The number of nitrogens with one attached hydrogen (secondary N) is 1. The highest BCUT2D eigenvalue weighted by atomic mass is 16.2. The van der Waals surface area contributed by atoms with E-state index in [4.69, 9.17) is 0 Å². The molecule has 2 saturated heterocycles. The predicted octanol–water partition coefficient (Wildman–Crippen LogP) is 3.46. The molecule has 1 aromatic carbocycles. The van der Waals surface area contributed by atoms with E-state index in [1.54, 1.807) is 12.1 Å². The Morgan fingerprint density at radius 2 is 1.80 bits per heavy atom. The molecule has 3 fully saturated rings. The molecule has 1 N–H and O–H groups in total. The Morgan fingerprint density at radius 1 is 1.07 bits per heavy atom. The summed E-state index contributed by atoms with van der Waals surface area (Å²) in [5, 5.41) is 0. The van der Waals surface area contributed by atoms with Crippen LogP contribution >= 0.6 is 0 Å². The van der Waals surface area contributed by atoms with Gasteiger partial charge in [-0.3, -0.25) is 14.5 Å². The summed E-state index contributed by atoms with van der Waals surface area (Å²) in [5.74, 6) is -0.0135. The molecule has 1 saturated carbocycles. The van der Waals surface area contributed by atoms with Crippen molar-refractivity contribution in [3.8, 4) is 0 Å². The van der Waals surface area contributed by atoms with Crippen LogP contribution in [-0.4, -0.2) is 51.9 Å². The lowest BCUT2D eigenvalue weighted by Crippen LogP contribution is -2.58. The first kappa shape index (κ1) is 19.6. The molecule has 0 spiro atoms. The number of aromatic amines is 1. The van der Waals surface area contributed by atoms with Gasteiger partial charge in [-0.1, -0.05) is 56.2 Å². The number of likely N-dealkylation sites (tertiary alicyclic amines) is 2. The molecular formula is C25H31N3O2. The van der Waals surface area contributed by atoms with Crippen LogP contribution in [0.1, 0.15) is 55.1 Å². The van der Waals surface area contributed by atoms with Gasteiger partial charge in [-0.15, -0.1) is 0 Å². The van der Waals surface area contributed by atoms with E-state index >= 15 is 0 Å². The van der Waals surface area contributed by atoms with Gasteiger partial charge in [0.25, 0.3) is 5.91 Å². The van der Waals surface area contributed by atoms with Gasteiger partial charge in [0.05, 0.1) is 0 Å². The minimum absolute atomic E-state index is 0.0135. The summed E-state index contributed by atoms with van der Waals surface area (Å²) >= 11 is 0. The van der Waals surface area contributed by atoms with Crippen LogP contribution in [0.5, 0.6) is 0 Å². The molecule has 1 aromatic heterocycles. The Labute approximate surface area is 178 Å². The second-order valence-electron chi connectivity index (χ2n) is 9.66. The zero-order chi connectivity index (χ0) is 20.9. The van der Waals surface area contributed by atoms with E-state index in [9.17, 15) is 9.59 Å². The number of pyridine rings is 1. The van der Waals surface area contributed by atoms with Crippen molar-refractivity contribution in [2.45, 2.75) is 69.6 Å². The molecule has 0 radical (unpaired) electrons. The lowest BCUT2D eigenvalue weighted by Gasteiger charge is -2.49. The molecule has 2 aliphatic heterocycles. The molecule has 3 heterocycles. The molecule has 5 atom stereocenters. The number of carbonyl (C=O) groups excluding carboxylic acids is 1. The Hall–Kier alpha value is -2.40. The topological polar surface area (TPSA) is 56.4 Å². The van der Waals surface area contributed by atoms with Crippen LogP contribution in [0, 0.1) is 5.41 Å². The standard InChI is InChI=1S/C25H31N3O2/c1-25-16-20-19(15-17-9-4-3-5-10-17)27(2)21(25)12-6-7-13-22(25)28(20)24(30)18-11-8-14-23(29)26-18/h3-5,8-11,14,19-22H,6-7,12-13,15-16H2,1-2H3,(H,26,29)/t19-,20+,21-,22+,25-/m1/s1. The monoisotopic (exact) mass is 405 g/mol. The Balaban J connectivity index is 1.57. The highest BCUT2D eigenvalue weighted by Gasteiger charge is 2.62. The van der Waals surface area contributed by atoms with Gasteiger partial charge in [0.2, 0.25) is 5.56 Å². The quantitative estimate of drug-likeness (QED) is 0.851. The third-order valence-corrected chi connectivity index (χ3v) is 8.05. The summed E-state index contributed by atoms with van der Waals surface area (Å²) in [7, 11) is 2.27. The summed E-state index contributed by atoms with van der Waals surface area (Å²) in [5.41, 5.74) is 1.62. The smallest absolute Gasteiger partial charge is 0.270 e. The van der Waals surface area contributed by atoms with E-state index in [0.29, 0.717) is 11.7 Å². The fraction of sp³-hybridized carbons (Fsp3) is 0.520. The number of likely N-dealkylation sites (N-methyl/N-ethyl adjacent to an activating group) is 1. The van der Waals surface area contributed by atoms with Crippen molar-refractivity contribution in [1.82, 2.24) is 14.8 Å². The largest absolute Gasteiger partial charge is 0.329 e. The van der Waals surface area contributed by atoms with E-state index in [-0.39, 0.29) is 35.0 Å². The molecule has 5 rings (SSSR count). The normalized spacial score (nSPS) is 33.3. The van der Waals surface area contributed by atoms with Crippen molar-refractivity contribution >= 4 is 5.91 Å². The van der Waals surface area contributed by atoms with Gasteiger partial charge in [0.1, 0.15) is 5.69 Å². The highest BCUT2D eigenvalue weighted by Crippen LogP contribution is 2.55. The fourth-order valence-electron chi connectivity index (χ4n) is 6.70. The van der Waals surface area contributed by atoms with Gasteiger partial charge in [-0.25, -0.2) is 0 Å². The van der Waals surface area contributed by atoms with Crippen molar-refractivity contribution in [2.75, 3.05) is 7.05 Å². The van der Waals surface area contributed by atoms with E-state index in [1.807, 2.05) is 0 Å². The molecule has 1 amide bonds. The van der Waals surface area contributed by atoms with Crippen LogP contribution in [0.15, 0.2) is 53.3 Å². The van der Waals surface area contributed by atoms with E-state index in [1.165, 1.54) is 24.5 Å². The SMILES string of the molecule is CN1[C@H](Cc2ccccc2)[C@@H]2C[C@@]3(C)[C@H](CCCC[C@@H]13)N2C(=O)c1cccc(=O)[nH]1. The molecule has 0 unspecified atom stereocenters. The van der Waals surface area contributed by atoms with Crippen molar-refractivity contribution in [3.63, 3.8) is 0 Å². The Bertz CT molecular complexity index is 987. The van der Waals surface area contributed by atoms with Crippen LogP contribution in [0.4, 0.5) is 0 Å². The van der Waals surface area contributed by atoms with Crippen molar-refractivity contribution < 1.29 is 4.79 Å². The van der Waals surface area contributed by atoms with Crippen molar-refractivity contribution in [2.24, 2.45) is 5.41 Å². The molecule has 2 bridgehead atoms. The molecular weight excluding hydrogens is 374 g/mol. The predicted molar refractivity (Wildman–Crippen MR) is 117 cm³/mol. The van der Waals surface area contributed by atoms with Crippen molar-refractivity contribution in [1.29, 1.82) is 0 Å². The lowest BCUT2D eigenvalue weighted by atomic mass is 9.69. The first-order valence-corrected chi connectivity index (χ1v) is 11.3. The Morgan fingerprint density at radius 3 is 2.53 bits per heavy atom. The third kappa shape index (κ3) is 3.02. The van der Waals surface area contributed by atoms with Gasteiger partial charge in [0.15, 0.2) is 0 Å². The molecule has 2 aromatic rings. The number of rotatable bonds is 3. The number of carbonyl (C=O) groups is 1. The highest BCUT2D eigenvalue weighted by molar-refractivity contribution is 5.93. The maximum Gasteiger partial charge on any atom is 0.270 e. The Kier molecular flexibility index (Phi) is 4.81. The molecule has 5 nitrogen and oxygen atoms in total. The van der Waals surface area contributed by atoms with E-state index in [0.717, 1.165) is 25.7 Å². The molecule has 3 aliphatic rings. The van der Waals surface area contributed by atoms with Gasteiger partial charge < -0.3 is 9.88 Å². The van der Waals surface area contributed by atoms with Crippen LogP contribution in [0.25, 0.3) is 0 Å². The lowest BCUT2D eigenvalue weighted by molar-refractivity contribution is 0.0155. The second-order valence-corrected chi connectivity index (χ2v) is 9.66. The number of benzene rings is 1. The van der Waals surface area contributed by atoms with E-state index < -0.39 is 0 Å².